The highest BCUT2D eigenvalue weighted by atomic mass is 32.2. The minimum Gasteiger partial charge on any atom is -0.467 e. The molecule has 0 saturated heterocycles. The zero-order valence-corrected chi connectivity index (χ0v) is 10.00. The lowest BCUT2D eigenvalue weighted by Crippen LogP contribution is -2.40. The van der Waals surface area contributed by atoms with Gasteiger partial charge in [-0.1, -0.05) is 12.8 Å². The minimum absolute atomic E-state index is 0.328. The van der Waals surface area contributed by atoms with Crippen LogP contribution < -0.4 is 4.72 Å². The zero-order valence-electron chi connectivity index (χ0n) is 9.18. The van der Waals surface area contributed by atoms with E-state index in [-0.39, 0.29) is 6.54 Å². The van der Waals surface area contributed by atoms with Crippen LogP contribution in [0.3, 0.4) is 0 Å². The van der Waals surface area contributed by atoms with Crippen molar-refractivity contribution < 1.29 is 23.1 Å². The van der Waals surface area contributed by atoms with Crippen LogP contribution in [0.25, 0.3) is 0 Å². The van der Waals surface area contributed by atoms with Crippen molar-refractivity contribution in [3.05, 3.63) is 0 Å². The molecule has 2 N–H and O–H groups in total. The van der Waals surface area contributed by atoms with Crippen molar-refractivity contribution in [2.75, 3.05) is 13.7 Å². The monoisotopic (exact) mass is 251 g/mol. The minimum atomic E-state index is -3.41. The molecule has 1 unspecified atom stereocenters. The van der Waals surface area contributed by atoms with Crippen LogP contribution in [0.4, 0.5) is 0 Å². The van der Waals surface area contributed by atoms with E-state index in [9.17, 15) is 18.3 Å². The Labute approximate surface area is 95.0 Å². The highest BCUT2D eigenvalue weighted by molar-refractivity contribution is 7.90. The second kappa shape index (κ2) is 5.60. The van der Waals surface area contributed by atoms with Gasteiger partial charge < -0.3 is 9.84 Å². The van der Waals surface area contributed by atoms with Gasteiger partial charge in [0, 0.05) is 6.54 Å². The maximum atomic E-state index is 11.7. The Hall–Kier alpha value is -0.660. The van der Waals surface area contributed by atoms with Crippen LogP contribution in [0.5, 0.6) is 0 Å². The number of methoxy groups -OCH3 is 1. The third-order valence-corrected chi connectivity index (χ3v) is 4.61. The molecule has 1 fully saturated rings. The number of carbonyl (C=O) groups is 1. The van der Waals surface area contributed by atoms with Crippen molar-refractivity contribution in [3.63, 3.8) is 0 Å². The van der Waals surface area contributed by atoms with Gasteiger partial charge >= 0.3 is 5.97 Å². The fraction of sp³-hybridized carbons (Fsp3) is 0.889. The van der Waals surface area contributed by atoms with Gasteiger partial charge in [0.15, 0.2) is 6.10 Å². The molecular weight excluding hydrogens is 234 g/mol. The van der Waals surface area contributed by atoms with Crippen LogP contribution in [0.2, 0.25) is 0 Å². The molecule has 0 radical (unpaired) electrons. The lowest BCUT2D eigenvalue weighted by Gasteiger charge is -2.14. The number of carbonyl (C=O) groups excluding carboxylic acids is 1. The average molecular weight is 251 g/mol. The molecule has 1 aliphatic carbocycles. The number of sulfonamides is 1. The molecule has 7 heteroatoms. The maximum absolute atomic E-state index is 11.7. The Kier molecular flexibility index (Phi) is 4.69. The van der Waals surface area contributed by atoms with Crippen LogP contribution in [0.15, 0.2) is 0 Å². The molecule has 6 nitrogen and oxygen atoms in total. The summed E-state index contributed by atoms with van der Waals surface area (Å²) in [5, 5.41) is 8.83. The normalized spacial score (nSPS) is 19.6. The van der Waals surface area contributed by atoms with Crippen molar-refractivity contribution in [1.29, 1.82) is 0 Å². The molecule has 16 heavy (non-hydrogen) atoms. The van der Waals surface area contributed by atoms with Gasteiger partial charge in [-0.25, -0.2) is 17.9 Å². The molecular formula is C9H17NO5S. The van der Waals surface area contributed by atoms with Crippen LogP contribution in [0, 0.1) is 0 Å². The molecule has 0 aromatic carbocycles. The third-order valence-electron chi connectivity index (χ3n) is 2.69. The zero-order chi connectivity index (χ0) is 12.2. The van der Waals surface area contributed by atoms with Crippen molar-refractivity contribution >= 4 is 16.0 Å². The predicted molar refractivity (Wildman–Crippen MR) is 57.2 cm³/mol. The molecule has 94 valence electrons. The molecule has 1 atom stereocenters. The lowest BCUT2D eigenvalue weighted by atomic mass is 10.4. The molecule has 0 bridgehead atoms. The quantitative estimate of drug-likeness (QED) is 0.635. The maximum Gasteiger partial charge on any atom is 0.336 e. The number of aliphatic hydroxyl groups excluding tert-OH is 1. The van der Waals surface area contributed by atoms with Crippen LogP contribution in [0.1, 0.15) is 25.7 Å². The molecule has 1 saturated carbocycles. The number of hydrogen-bond acceptors (Lipinski definition) is 5. The fourth-order valence-corrected chi connectivity index (χ4v) is 3.31. The molecule has 0 amide bonds. The smallest absolute Gasteiger partial charge is 0.336 e. The molecule has 0 spiro atoms. The van der Waals surface area contributed by atoms with E-state index in [2.05, 4.69) is 9.46 Å². The Balaban J connectivity index is 2.44. The number of aliphatic hydroxyl groups is 1. The summed E-state index contributed by atoms with van der Waals surface area (Å²) in [6, 6.07) is 0. The van der Waals surface area contributed by atoms with E-state index >= 15 is 0 Å². The van der Waals surface area contributed by atoms with Gasteiger partial charge in [-0.3, -0.25) is 0 Å². The second-order valence-electron chi connectivity index (χ2n) is 3.84. The van der Waals surface area contributed by atoms with Crippen molar-refractivity contribution in [1.82, 2.24) is 4.72 Å². The number of nitrogens with one attached hydrogen (secondary N) is 1. The SMILES string of the molecule is COC(=O)C(O)CNS(=O)(=O)C1CCCC1. The summed E-state index contributed by atoms with van der Waals surface area (Å²) in [4.78, 5) is 10.8. The predicted octanol–water partition coefficient (Wildman–Crippen LogP) is -0.618. The van der Waals surface area contributed by atoms with Gasteiger partial charge in [-0.05, 0) is 12.8 Å². The van der Waals surface area contributed by atoms with Crippen LogP contribution in [-0.4, -0.2) is 44.5 Å². The van der Waals surface area contributed by atoms with Gasteiger partial charge in [0.2, 0.25) is 10.0 Å². The van der Waals surface area contributed by atoms with E-state index in [1.807, 2.05) is 0 Å². The molecule has 1 rings (SSSR count). The first-order valence-electron chi connectivity index (χ1n) is 5.21. The van der Waals surface area contributed by atoms with E-state index in [0.29, 0.717) is 12.8 Å². The van der Waals surface area contributed by atoms with Crippen molar-refractivity contribution in [2.24, 2.45) is 0 Å². The highest BCUT2D eigenvalue weighted by Gasteiger charge is 2.29. The molecule has 0 aromatic rings. The summed E-state index contributed by atoms with van der Waals surface area (Å²) in [5.74, 6) is -0.839. The first kappa shape index (κ1) is 13.4. The topological polar surface area (TPSA) is 92.7 Å². The Morgan fingerprint density at radius 1 is 1.50 bits per heavy atom. The number of esters is 1. The Morgan fingerprint density at radius 2 is 2.06 bits per heavy atom. The Morgan fingerprint density at radius 3 is 2.56 bits per heavy atom. The van der Waals surface area contributed by atoms with Gasteiger partial charge in [0.05, 0.1) is 12.4 Å². The average Bonchev–Trinajstić information content (AvgIpc) is 2.78. The van der Waals surface area contributed by atoms with Crippen molar-refractivity contribution in [2.45, 2.75) is 37.0 Å². The van der Waals surface area contributed by atoms with E-state index < -0.39 is 27.3 Å². The van der Waals surface area contributed by atoms with E-state index in [0.717, 1.165) is 20.0 Å². The van der Waals surface area contributed by atoms with E-state index in [1.165, 1.54) is 0 Å². The molecule has 0 heterocycles. The number of ether oxygens (including phenoxy) is 1. The molecule has 0 aromatic heterocycles. The van der Waals surface area contributed by atoms with Crippen molar-refractivity contribution in [3.8, 4) is 0 Å². The van der Waals surface area contributed by atoms with Gasteiger partial charge in [0.25, 0.3) is 0 Å². The largest absolute Gasteiger partial charge is 0.467 e. The van der Waals surface area contributed by atoms with Gasteiger partial charge in [-0.2, -0.15) is 0 Å². The summed E-state index contributed by atoms with van der Waals surface area (Å²) in [6.45, 7) is -0.328. The summed E-state index contributed by atoms with van der Waals surface area (Å²) >= 11 is 0. The lowest BCUT2D eigenvalue weighted by molar-refractivity contribution is -0.149. The summed E-state index contributed by atoms with van der Waals surface area (Å²) in [6.07, 6.45) is 1.66. The van der Waals surface area contributed by atoms with Gasteiger partial charge in [0.1, 0.15) is 0 Å². The summed E-state index contributed by atoms with van der Waals surface area (Å²) in [5.41, 5.74) is 0. The first-order valence-corrected chi connectivity index (χ1v) is 6.76. The third kappa shape index (κ3) is 3.43. The van der Waals surface area contributed by atoms with E-state index in [1.54, 1.807) is 0 Å². The highest BCUT2D eigenvalue weighted by Crippen LogP contribution is 2.23. The fourth-order valence-electron chi connectivity index (χ4n) is 1.73. The first-order chi connectivity index (χ1) is 7.47. The number of hydrogen-bond donors (Lipinski definition) is 2. The second-order valence-corrected chi connectivity index (χ2v) is 5.88. The van der Waals surface area contributed by atoms with Gasteiger partial charge in [-0.15, -0.1) is 0 Å². The number of rotatable bonds is 5. The van der Waals surface area contributed by atoms with Crippen LogP contribution >= 0.6 is 0 Å². The molecule has 1 aliphatic rings. The molecule has 0 aliphatic heterocycles. The summed E-state index contributed by atoms with van der Waals surface area (Å²) in [7, 11) is -2.28. The standard InChI is InChI=1S/C9H17NO5S/c1-15-9(12)8(11)6-10-16(13,14)7-4-2-3-5-7/h7-8,10-11H,2-6H2,1H3. The summed E-state index contributed by atoms with van der Waals surface area (Å²) < 4.78 is 29.9. The van der Waals surface area contributed by atoms with E-state index in [4.69, 9.17) is 0 Å². The van der Waals surface area contributed by atoms with Crippen LogP contribution in [-0.2, 0) is 19.6 Å². The Bertz CT molecular complexity index is 334.